The number of likely N-dealkylation sites (tertiary alicyclic amines) is 1. The number of aromatic amines is 1. The molecule has 1 N–H and O–H groups in total. The van der Waals surface area contributed by atoms with Crippen molar-refractivity contribution < 1.29 is 9.26 Å². The van der Waals surface area contributed by atoms with Gasteiger partial charge in [0.15, 0.2) is 5.82 Å². The van der Waals surface area contributed by atoms with Crippen LogP contribution in [-0.2, 0) is 24.1 Å². The van der Waals surface area contributed by atoms with Crippen molar-refractivity contribution in [1.82, 2.24) is 20.0 Å². The first kappa shape index (κ1) is 19.2. The van der Waals surface area contributed by atoms with E-state index in [1.807, 2.05) is 0 Å². The second-order valence-corrected chi connectivity index (χ2v) is 8.16. The molecule has 150 valence electrons. The van der Waals surface area contributed by atoms with E-state index in [2.05, 4.69) is 64.3 Å². The summed E-state index contributed by atoms with van der Waals surface area (Å²) in [5, 5.41) is 5.38. The van der Waals surface area contributed by atoms with Gasteiger partial charge in [-0.2, -0.15) is 4.98 Å². The summed E-state index contributed by atoms with van der Waals surface area (Å²) in [5.41, 5.74) is 2.60. The van der Waals surface area contributed by atoms with Crippen LogP contribution in [0.25, 0.3) is 10.9 Å². The quantitative estimate of drug-likeness (QED) is 0.638. The van der Waals surface area contributed by atoms with Gasteiger partial charge in [-0.25, -0.2) is 0 Å². The summed E-state index contributed by atoms with van der Waals surface area (Å²) >= 11 is 0. The van der Waals surface area contributed by atoms with Gasteiger partial charge in [-0.05, 0) is 30.4 Å². The summed E-state index contributed by atoms with van der Waals surface area (Å²) in [7, 11) is 0. The lowest BCUT2D eigenvalue weighted by molar-refractivity contribution is 0.00684. The number of aromatic nitrogens is 3. The first-order valence-electron chi connectivity index (χ1n) is 10.4. The van der Waals surface area contributed by atoms with Crippen LogP contribution in [0, 0.1) is 5.92 Å². The highest BCUT2D eigenvalue weighted by molar-refractivity contribution is 5.82. The van der Waals surface area contributed by atoms with Crippen molar-refractivity contribution in [3.63, 3.8) is 0 Å². The van der Waals surface area contributed by atoms with Crippen molar-refractivity contribution in [3.05, 3.63) is 47.7 Å². The average Bonchev–Trinajstić information content (AvgIpc) is 3.30. The Kier molecular flexibility index (Phi) is 6.07. The number of nitrogens with one attached hydrogen (secondary N) is 1. The Morgan fingerprint density at radius 3 is 2.89 bits per heavy atom. The maximum absolute atomic E-state index is 6.08. The van der Waals surface area contributed by atoms with E-state index >= 15 is 0 Å². The Labute approximate surface area is 166 Å². The van der Waals surface area contributed by atoms with Crippen LogP contribution in [0.5, 0.6) is 0 Å². The molecule has 0 aliphatic carbocycles. The molecule has 0 radical (unpaired) electrons. The van der Waals surface area contributed by atoms with E-state index in [9.17, 15) is 0 Å². The molecule has 1 fully saturated rings. The number of piperidine rings is 1. The second kappa shape index (κ2) is 8.88. The Morgan fingerprint density at radius 2 is 2.07 bits per heavy atom. The highest BCUT2D eigenvalue weighted by Gasteiger charge is 2.20. The molecular weight excluding hydrogens is 352 g/mol. The first-order valence-corrected chi connectivity index (χ1v) is 10.4. The number of ether oxygens (including phenoxy) is 1. The molecule has 0 bridgehead atoms. The zero-order valence-corrected chi connectivity index (χ0v) is 16.9. The normalized spacial score (nSPS) is 16.4. The van der Waals surface area contributed by atoms with Crippen LogP contribution in [0.2, 0.25) is 0 Å². The standard InChI is InChI=1S/C22H30N4O2/c1-16(2)13-22-24-21(25-28-22)9-12-27-18-7-10-26(11-8-18)15-17-14-23-20-6-4-3-5-19(17)20/h3-6,14,16,18,23H,7-13,15H2,1-2H3. The largest absolute Gasteiger partial charge is 0.378 e. The molecule has 1 aliphatic rings. The summed E-state index contributed by atoms with van der Waals surface area (Å²) < 4.78 is 11.4. The summed E-state index contributed by atoms with van der Waals surface area (Å²) in [5.74, 6) is 2.02. The number of hydrogen-bond acceptors (Lipinski definition) is 5. The smallest absolute Gasteiger partial charge is 0.226 e. The van der Waals surface area contributed by atoms with Crippen molar-refractivity contribution >= 4 is 10.9 Å². The SMILES string of the molecule is CC(C)Cc1nc(CCOC2CCN(Cc3c[nH]c4ccccc34)CC2)no1. The van der Waals surface area contributed by atoms with Crippen molar-refractivity contribution in [2.45, 2.75) is 52.2 Å². The third-order valence-corrected chi connectivity index (χ3v) is 5.38. The predicted molar refractivity (Wildman–Crippen MR) is 109 cm³/mol. The van der Waals surface area contributed by atoms with Gasteiger partial charge in [-0.15, -0.1) is 0 Å². The molecule has 2 aromatic heterocycles. The van der Waals surface area contributed by atoms with Crippen molar-refractivity contribution in [1.29, 1.82) is 0 Å². The van der Waals surface area contributed by atoms with E-state index in [1.54, 1.807) is 0 Å². The van der Waals surface area contributed by atoms with Gasteiger partial charge < -0.3 is 14.2 Å². The number of benzene rings is 1. The third-order valence-electron chi connectivity index (χ3n) is 5.38. The van der Waals surface area contributed by atoms with Gasteiger partial charge in [0, 0.05) is 49.6 Å². The van der Waals surface area contributed by atoms with E-state index < -0.39 is 0 Å². The average molecular weight is 383 g/mol. The number of nitrogens with zero attached hydrogens (tertiary/aromatic N) is 3. The van der Waals surface area contributed by atoms with Crippen molar-refractivity contribution in [2.24, 2.45) is 5.92 Å². The first-order chi connectivity index (χ1) is 13.7. The number of fused-ring (bicyclic) bond motifs is 1. The monoisotopic (exact) mass is 382 g/mol. The maximum Gasteiger partial charge on any atom is 0.226 e. The number of para-hydroxylation sites is 1. The molecule has 0 amide bonds. The fourth-order valence-electron chi connectivity index (χ4n) is 3.88. The molecule has 1 saturated heterocycles. The van der Waals surface area contributed by atoms with Crippen molar-refractivity contribution in [2.75, 3.05) is 19.7 Å². The van der Waals surface area contributed by atoms with E-state index in [0.717, 1.165) is 57.0 Å². The highest BCUT2D eigenvalue weighted by atomic mass is 16.5. The minimum Gasteiger partial charge on any atom is -0.378 e. The number of rotatable bonds is 8. The van der Waals surface area contributed by atoms with Crippen molar-refractivity contribution in [3.8, 4) is 0 Å². The van der Waals surface area contributed by atoms with Gasteiger partial charge in [0.1, 0.15) is 0 Å². The lowest BCUT2D eigenvalue weighted by Gasteiger charge is -2.31. The lowest BCUT2D eigenvalue weighted by atomic mass is 10.1. The van der Waals surface area contributed by atoms with Gasteiger partial charge in [0.2, 0.25) is 5.89 Å². The molecule has 0 spiro atoms. The van der Waals surface area contributed by atoms with E-state index in [0.29, 0.717) is 18.6 Å². The molecule has 1 aliphatic heterocycles. The Morgan fingerprint density at radius 1 is 1.25 bits per heavy atom. The third kappa shape index (κ3) is 4.80. The molecule has 6 heteroatoms. The van der Waals surface area contributed by atoms with Gasteiger partial charge in [-0.3, -0.25) is 4.90 Å². The molecule has 0 atom stereocenters. The van der Waals surface area contributed by atoms with Gasteiger partial charge >= 0.3 is 0 Å². The summed E-state index contributed by atoms with van der Waals surface area (Å²) in [6.45, 7) is 8.11. The zero-order valence-electron chi connectivity index (χ0n) is 16.9. The van der Waals surface area contributed by atoms with Gasteiger partial charge in [0.05, 0.1) is 12.7 Å². The molecule has 3 aromatic rings. The minimum absolute atomic E-state index is 0.334. The van der Waals surface area contributed by atoms with Gasteiger partial charge in [0.25, 0.3) is 0 Å². The molecule has 28 heavy (non-hydrogen) atoms. The summed E-state index contributed by atoms with van der Waals surface area (Å²) in [4.78, 5) is 10.3. The van der Waals surface area contributed by atoms with E-state index in [-0.39, 0.29) is 0 Å². The minimum atomic E-state index is 0.334. The summed E-state index contributed by atoms with van der Waals surface area (Å²) in [6.07, 6.45) is 6.19. The molecule has 6 nitrogen and oxygen atoms in total. The Bertz CT molecular complexity index is 877. The molecule has 4 rings (SSSR count). The molecule has 0 saturated carbocycles. The van der Waals surface area contributed by atoms with Crippen LogP contribution >= 0.6 is 0 Å². The Hall–Kier alpha value is -2.18. The maximum atomic E-state index is 6.08. The molecular formula is C22H30N4O2. The molecule has 1 aromatic carbocycles. The fraction of sp³-hybridized carbons (Fsp3) is 0.545. The second-order valence-electron chi connectivity index (χ2n) is 8.16. The van der Waals surface area contributed by atoms with Crippen LogP contribution in [-0.4, -0.2) is 45.8 Å². The predicted octanol–water partition coefficient (Wildman–Crippen LogP) is 3.97. The lowest BCUT2D eigenvalue weighted by Crippen LogP contribution is -2.36. The molecule has 0 unspecified atom stereocenters. The number of hydrogen-bond donors (Lipinski definition) is 1. The zero-order chi connectivity index (χ0) is 19.3. The highest BCUT2D eigenvalue weighted by Crippen LogP contribution is 2.22. The topological polar surface area (TPSA) is 67.2 Å². The number of H-pyrrole nitrogens is 1. The Balaban J connectivity index is 1.19. The molecule has 3 heterocycles. The van der Waals surface area contributed by atoms with E-state index in [4.69, 9.17) is 9.26 Å². The van der Waals surface area contributed by atoms with E-state index in [1.165, 1.54) is 16.5 Å². The fourth-order valence-corrected chi connectivity index (χ4v) is 3.88. The van der Waals surface area contributed by atoms with Crippen LogP contribution < -0.4 is 0 Å². The van der Waals surface area contributed by atoms with Crippen LogP contribution in [0.1, 0.15) is 44.0 Å². The van der Waals surface area contributed by atoms with Crippen LogP contribution in [0.15, 0.2) is 35.0 Å². The summed E-state index contributed by atoms with van der Waals surface area (Å²) in [6, 6.07) is 8.51. The van der Waals surface area contributed by atoms with Crippen LogP contribution in [0.4, 0.5) is 0 Å². The van der Waals surface area contributed by atoms with Gasteiger partial charge in [-0.1, -0.05) is 37.2 Å². The van der Waals surface area contributed by atoms with Crippen LogP contribution in [0.3, 0.4) is 0 Å².